The van der Waals surface area contributed by atoms with E-state index in [0.29, 0.717) is 0 Å². The summed E-state index contributed by atoms with van der Waals surface area (Å²) in [6, 6.07) is 15.4. The van der Waals surface area contributed by atoms with Crippen LogP contribution in [0.25, 0.3) is 6.08 Å². The Morgan fingerprint density at radius 3 is 1.70 bits per heavy atom. The summed E-state index contributed by atoms with van der Waals surface area (Å²) >= 11 is 0. The monoisotopic (exact) mass is 268 g/mol. The van der Waals surface area contributed by atoms with Gasteiger partial charge in [0.05, 0.1) is 0 Å². The second-order valence-electron chi connectivity index (χ2n) is 5.56. The van der Waals surface area contributed by atoms with Crippen molar-refractivity contribution in [3.63, 3.8) is 0 Å². The van der Waals surface area contributed by atoms with Crippen molar-refractivity contribution in [2.45, 2.75) is 26.4 Å². The highest BCUT2D eigenvalue weighted by Crippen LogP contribution is 2.25. The van der Waals surface area contributed by atoms with Crippen LogP contribution in [0.3, 0.4) is 0 Å². The predicted octanol–water partition coefficient (Wildman–Crippen LogP) is 5.30. The maximum absolute atomic E-state index is 5.77. The van der Waals surface area contributed by atoms with Crippen LogP contribution in [0.2, 0.25) is 0 Å². The van der Waals surface area contributed by atoms with Crippen LogP contribution in [0.15, 0.2) is 55.1 Å². The first-order chi connectivity index (χ1) is 9.46. The van der Waals surface area contributed by atoms with Crippen LogP contribution >= 0.6 is 0 Å². The molecule has 0 N–H and O–H groups in total. The van der Waals surface area contributed by atoms with E-state index in [-0.39, 0.29) is 5.60 Å². The fourth-order valence-electron chi connectivity index (χ4n) is 1.74. The largest absolute Gasteiger partial charge is 0.488 e. The average Bonchev–Trinajstić information content (AvgIpc) is 2.40. The average molecular weight is 268 g/mol. The van der Waals surface area contributed by atoms with Crippen LogP contribution < -0.4 is 9.47 Å². The summed E-state index contributed by atoms with van der Waals surface area (Å²) in [5.74, 6) is 2.43. The number of hydrogen-bond donors (Lipinski definition) is 0. The Labute approximate surface area is 120 Å². The van der Waals surface area contributed by atoms with Gasteiger partial charge in [0.1, 0.15) is 22.8 Å². The van der Waals surface area contributed by atoms with Crippen molar-refractivity contribution in [1.82, 2.24) is 0 Å². The molecular formula is C18H20O2. The van der Waals surface area contributed by atoms with E-state index in [2.05, 4.69) is 6.58 Å². The van der Waals surface area contributed by atoms with E-state index < -0.39 is 0 Å². The Morgan fingerprint density at radius 2 is 1.25 bits per heavy atom. The zero-order valence-corrected chi connectivity index (χ0v) is 12.2. The molecule has 0 aliphatic heterocycles. The fraction of sp³-hybridized carbons (Fsp3) is 0.222. The van der Waals surface area contributed by atoms with Gasteiger partial charge in [-0.25, -0.2) is 0 Å². The molecule has 2 rings (SSSR count). The number of benzene rings is 2. The van der Waals surface area contributed by atoms with Gasteiger partial charge in [-0.15, -0.1) is 0 Å². The molecule has 0 saturated carbocycles. The minimum atomic E-state index is -0.192. The highest BCUT2D eigenvalue weighted by molar-refractivity contribution is 5.48. The van der Waals surface area contributed by atoms with Crippen LogP contribution in [0.5, 0.6) is 17.2 Å². The van der Waals surface area contributed by atoms with E-state index >= 15 is 0 Å². The lowest BCUT2D eigenvalue weighted by Gasteiger charge is -2.21. The van der Waals surface area contributed by atoms with Crippen LogP contribution in [0.1, 0.15) is 26.3 Å². The molecule has 0 aliphatic carbocycles. The molecule has 0 heterocycles. The van der Waals surface area contributed by atoms with E-state index in [4.69, 9.17) is 9.47 Å². The van der Waals surface area contributed by atoms with Crippen LogP contribution in [-0.4, -0.2) is 5.60 Å². The van der Waals surface area contributed by atoms with Gasteiger partial charge in [-0.2, -0.15) is 0 Å². The third-order valence-electron chi connectivity index (χ3n) is 2.60. The molecule has 0 aliphatic rings. The van der Waals surface area contributed by atoms with Gasteiger partial charge in [0.2, 0.25) is 0 Å². The van der Waals surface area contributed by atoms with Gasteiger partial charge in [0.25, 0.3) is 0 Å². The molecule has 0 spiro atoms. The van der Waals surface area contributed by atoms with Crippen molar-refractivity contribution in [2.75, 3.05) is 0 Å². The summed E-state index contributed by atoms with van der Waals surface area (Å²) in [6.07, 6.45) is 1.81. The maximum atomic E-state index is 5.77. The van der Waals surface area contributed by atoms with E-state index in [0.717, 1.165) is 22.8 Å². The highest BCUT2D eigenvalue weighted by atomic mass is 16.5. The second kappa shape index (κ2) is 5.83. The van der Waals surface area contributed by atoms with Crippen molar-refractivity contribution in [1.29, 1.82) is 0 Å². The maximum Gasteiger partial charge on any atom is 0.127 e. The quantitative estimate of drug-likeness (QED) is 0.749. The van der Waals surface area contributed by atoms with E-state index in [9.17, 15) is 0 Å². The Hall–Kier alpha value is -2.22. The van der Waals surface area contributed by atoms with Crippen molar-refractivity contribution >= 4 is 6.08 Å². The third kappa shape index (κ3) is 4.16. The molecule has 2 heteroatoms. The lowest BCUT2D eigenvalue weighted by molar-refractivity contribution is 0.131. The molecule has 0 amide bonds. The summed E-state index contributed by atoms with van der Waals surface area (Å²) in [7, 11) is 0. The normalized spacial score (nSPS) is 10.9. The van der Waals surface area contributed by atoms with Gasteiger partial charge >= 0.3 is 0 Å². The summed E-state index contributed by atoms with van der Waals surface area (Å²) in [4.78, 5) is 0. The number of hydrogen-bond acceptors (Lipinski definition) is 2. The van der Waals surface area contributed by atoms with Gasteiger partial charge in [-0.1, -0.05) is 24.8 Å². The minimum Gasteiger partial charge on any atom is -0.488 e. The Bertz CT molecular complexity index is 560. The first-order valence-corrected chi connectivity index (χ1v) is 6.66. The zero-order valence-electron chi connectivity index (χ0n) is 12.2. The number of ether oxygens (including phenoxy) is 2. The first kappa shape index (κ1) is 14.2. The van der Waals surface area contributed by atoms with Crippen LogP contribution in [-0.2, 0) is 0 Å². The summed E-state index contributed by atoms with van der Waals surface area (Å²) < 4.78 is 11.5. The minimum absolute atomic E-state index is 0.192. The molecule has 0 saturated heterocycles. The fourth-order valence-corrected chi connectivity index (χ4v) is 1.74. The molecule has 0 aromatic heterocycles. The predicted molar refractivity (Wildman–Crippen MR) is 83.4 cm³/mol. The van der Waals surface area contributed by atoms with Crippen LogP contribution in [0.4, 0.5) is 0 Å². The standard InChI is InChI=1S/C18H20O2/c1-5-14-6-8-15(9-7-14)19-16-10-12-17(13-11-16)20-18(2,3)4/h5-13H,1H2,2-4H3. The van der Waals surface area contributed by atoms with Crippen molar-refractivity contribution in [3.8, 4) is 17.2 Å². The Morgan fingerprint density at radius 1 is 0.800 bits per heavy atom. The molecule has 2 nitrogen and oxygen atoms in total. The molecule has 0 unspecified atom stereocenters. The highest BCUT2D eigenvalue weighted by Gasteiger charge is 2.11. The lowest BCUT2D eigenvalue weighted by Crippen LogP contribution is -2.22. The number of rotatable bonds is 4. The zero-order chi connectivity index (χ0) is 14.6. The first-order valence-electron chi connectivity index (χ1n) is 6.66. The van der Waals surface area contributed by atoms with Gasteiger partial charge < -0.3 is 9.47 Å². The van der Waals surface area contributed by atoms with Crippen molar-refractivity contribution < 1.29 is 9.47 Å². The second-order valence-corrected chi connectivity index (χ2v) is 5.56. The topological polar surface area (TPSA) is 18.5 Å². The Balaban J connectivity index is 2.04. The molecule has 20 heavy (non-hydrogen) atoms. The van der Waals surface area contributed by atoms with E-state index in [1.165, 1.54) is 0 Å². The molecule has 104 valence electrons. The van der Waals surface area contributed by atoms with Gasteiger partial charge in [-0.3, -0.25) is 0 Å². The summed E-state index contributed by atoms with van der Waals surface area (Å²) in [5, 5.41) is 0. The van der Waals surface area contributed by atoms with Gasteiger partial charge in [0.15, 0.2) is 0 Å². The summed E-state index contributed by atoms with van der Waals surface area (Å²) in [6.45, 7) is 9.81. The molecule has 0 atom stereocenters. The summed E-state index contributed by atoms with van der Waals surface area (Å²) in [5.41, 5.74) is 0.884. The molecule has 2 aromatic carbocycles. The molecule has 0 fully saturated rings. The lowest BCUT2D eigenvalue weighted by atomic mass is 10.2. The Kier molecular flexibility index (Phi) is 4.14. The van der Waals surface area contributed by atoms with Gasteiger partial charge in [0, 0.05) is 0 Å². The molecule has 0 radical (unpaired) electrons. The van der Waals surface area contributed by atoms with E-state index in [1.54, 1.807) is 0 Å². The van der Waals surface area contributed by atoms with Crippen LogP contribution in [0, 0.1) is 0 Å². The van der Waals surface area contributed by atoms with Crippen molar-refractivity contribution in [3.05, 3.63) is 60.7 Å². The van der Waals surface area contributed by atoms with Gasteiger partial charge in [-0.05, 0) is 62.7 Å². The smallest absolute Gasteiger partial charge is 0.127 e. The van der Waals surface area contributed by atoms with Crippen molar-refractivity contribution in [2.24, 2.45) is 0 Å². The van der Waals surface area contributed by atoms with E-state index in [1.807, 2.05) is 75.4 Å². The third-order valence-corrected chi connectivity index (χ3v) is 2.60. The molecule has 2 aromatic rings. The SMILES string of the molecule is C=Cc1ccc(Oc2ccc(OC(C)(C)C)cc2)cc1. The molecular weight excluding hydrogens is 248 g/mol. The molecule has 0 bridgehead atoms.